The Bertz CT molecular complexity index is 359. The van der Waals surface area contributed by atoms with E-state index in [4.69, 9.17) is 0 Å². The molecule has 0 aromatic heterocycles. The first kappa shape index (κ1) is 16.5. The number of rotatable bonds is 6. The molecule has 15 nitrogen and oxygen atoms in total. The van der Waals surface area contributed by atoms with E-state index >= 15 is 0 Å². The molecule has 0 aliphatic carbocycles. The number of nitro groups is 3. The highest BCUT2D eigenvalue weighted by molar-refractivity contribution is 4.76. The normalized spacial score (nSPS) is 25.9. The second-order valence-electron chi connectivity index (χ2n) is 3.84. The minimum atomic E-state index is -1.51. The Hall–Kier alpha value is -2.52. The van der Waals surface area contributed by atoms with Gasteiger partial charge in [-0.25, -0.2) is 30.3 Å². The molecule has 0 aromatic carbocycles. The predicted molar refractivity (Wildman–Crippen MR) is 65.0 cm³/mol. The van der Waals surface area contributed by atoms with Crippen LogP contribution in [0.15, 0.2) is 0 Å². The van der Waals surface area contributed by atoms with Gasteiger partial charge in [-0.2, -0.15) is 0 Å². The Morgan fingerprint density at radius 2 is 0.857 bits per heavy atom. The van der Waals surface area contributed by atoms with Crippen molar-refractivity contribution in [1.82, 2.24) is 31.0 Å². The van der Waals surface area contributed by atoms with Crippen molar-refractivity contribution in [3.8, 4) is 0 Å². The number of hydrogen-bond acceptors (Lipinski definition) is 9. The third-order valence-corrected chi connectivity index (χ3v) is 2.84. The first-order valence-electron chi connectivity index (χ1n) is 5.61. The Balaban J connectivity index is 3.42. The van der Waals surface area contributed by atoms with Crippen LogP contribution in [0.2, 0.25) is 0 Å². The molecule has 21 heavy (non-hydrogen) atoms. The van der Waals surface area contributed by atoms with E-state index in [0.29, 0.717) is 15.0 Å². The highest BCUT2D eigenvalue weighted by Gasteiger charge is 2.60. The zero-order valence-electron chi connectivity index (χ0n) is 11.4. The third kappa shape index (κ3) is 2.69. The molecule has 0 radical (unpaired) electrons. The van der Waals surface area contributed by atoms with E-state index in [2.05, 4.69) is 16.0 Å². The lowest BCUT2D eigenvalue weighted by atomic mass is 10.4. The zero-order chi connectivity index (χ0) is 16.3. The molecule has 1 fully saturated rings. The maximum Gasteiger partial charge on any atom is 0.278 e. The summed E-state index contributed by atoms with van der Waals surface area (Å²) in [6, 6.07) is 0. The fourth-order valence-corrected chi connectivity index (χ4v) is 2.09. The summed E-state index contributed by atoms with van der Waals surface area (Å²) < 4.78 is 0. The van der Waals surface area contributed by atoms with E-state index in [0.717, 1.165) is 0 Å². The van der Waals surface area contributed by atoms with Crippen LogP contribution in [0.1, 0.15) is 0 Å². The fraction of sp³-hybridized carbons (Fsp3) is 1.00. The van der Waals surface area contributed by atoms with E-state index in [1.165, 1.54) is 21.1 Å². The molecule has 0 atom stereocenters. The Morgan fingerprint density at radius 3 is 0.952 bits per heavy atom. The Labute approximate surface area is 117 Å². The summed E-state index contributed by atoms with van der Waals surface area (Å²) in [6.45, 7) is 0. The molecule has 1 aliphatic rings. The second kappa shape index (κ2) is 6.29. The molecule has 1 saturated heterocycles. The minimum absolute atomic E-state index is 0.333. The largest absolute Gasteiger partial charge is 0.278 e. The van der Waals surface area contributed by atoms with Crippen molar-refractivity contribution in [3.05, 3.63) is 30.3 Å². The van der Waals surface area contributed by atoms with Crippen molar-refractivity contribution >= 4 is 0 Å². The van der Waals surface area contributed by atoms with Crippen LogP contribution in [0.3, 0.4) is 0 Å². The van der Waals surface area contributed by atoms with Gasteiger partial charge in [-0.15, -0.1) is 0 Å². The van der Waals surface area contributed by atoms with Crippen molar-refractivity contribution < 1.29 is 15.1 Å². The lowest BCUT2D eigenvalue weighted by Gasteiger charge is -2.43. The van der Waals surface area contributed by atoms with Gasteiger partial charge in [0.25, 0.3) is 18.9 Å². The van der Waals surface area contributed by atoms with E-state index in [9.17, 15) is 30.3 Å². The number of nitrogens with one attached hydrogen (secondary N) is 3. The summed E-state index contributed by atoms with van der Waals surface area (Å²) >= 11 is 0. The van der Waals surface area contributed by atoms with Gasteiger partial charge in [0.05, 0.1) is 0 Å². The summed E-state index contributed by atoms with van der Waals surface area (Å²) in [4.78, 5) is 33.5. The van der Waals surface area contributed by atoms with Crippen molar-refractivity contribution in [1.29, 1.82) is 0 Å². The molecule has 0 bridgehead atoms. The molecular weight excluding hydrogens is 294 g/mol. The summed E-state index contributed by atoms with van der Waals surface area (Å²) in [5.74, 6) is 0. The molecular formula is C6H15N9O6. The maximum absolute atomic E-state index is 11.2. The average molecular weight is 309 g/mol. The first-order chi connectivity index (χ1) is 9.81. The SMILES string of the molecule is CNC1N([N+](=O)[O-])C(NC)N([N+](=O)[O-])C(NC)N1[N+](=O)[O-]. The fourth-order valence-electron chi connectivity index (χ4n) is 2.09. The van der Waals surface area contributed by atoms with E-state index in [1.54, 1.807) is 0 Å². The van der Waals surface area contributed by atoms with Crippen LogP contribution in [-0.4, -0.2) is 70.1 Å². The maximum atomic E-state index is 11.2. The highest BCUT2D eigenvalue weighted by Crippen LogP contribution is 2.22. The molecule has 120 valence electrons. The van der Waals surface area contributed by atoms with Gasteiger partial charge in [-0.05, 0) is 36.2 Å². The van der Waals surface area contributed by atoms with E-state index in [1.807, 2.05) is 0 Å². The molecule has 3 N–H and O–H groups in total. The van der Waals surface area contributed by atoms with Crippen LogP contribution in [-0.2, 0) is 0 Å². The molecule has 1 aliphatic heterocycles. The van der Waals surface area contributed by atoms with Crippen molar-refractivity contribution in [2.75, 3.05) is 21.1 Å². The van der Waals surface area contributed by atoms with Gasteiger partial charge >= 0.3 is 0 Å². The predicted octanol–water partition coefficient (Wildman–Crippen LogP) is -3.01. The molecule has 1 heterocycles. The van der Waals surface area contributed by atoms with Crippen molar-refractivity contribution in [2.24, 2.45) is 0 Å². The number of hydrogen-bond donors (Lipinski definition) is 3. The number of nitrogens with zero attached hydrogens (tertiary/aromatic N) is 6. The summed E-state index contributed by atoms with van der Waals surface area (Å²) in [6.07, 6.45) is -4.54. The molecule has 0 amide bonds. The second-order valence-corrected chi connectivity index (χ2v) is 3.84. The monoisotopic (exact) mass is 309 g/mol. The molecule has 0 aromatic rings. The van der Waals surface area contributed by atoms with Crippen molar-refractivity contribution in [2.45, 2.75) is 18.9 Å². The summed E-state index contributed by atoms with van der Waals surface area (Å²) in [7, 11) is 3.79. The topological polar surface area (TPSA) is 175 Å². The molecule has 15 heteroatoms. The lowest BCUT2D eigenvalue weighted by Crippen LogP contribution is -2.81. The van der Waals surface area contributed by atoms with E-state index < -0.39 is 34.0 Å². The average Bonchev–Trinajstić information content (AvgIpc) is 2.42. The molecule has 0 spiro atoms. The standard InChI is InChI=1S/C6H15N9O6/c1-7-4-10(13(16)17)5(8-2)12(15(20)21)6(9-3)11(4)14(18)19/h4-9H,1-3H3. The zero-order valence-corrected chi connectivity index (χ0v) is 11.4. The van der Waals surface area contributed by atoms with Gasteiger partial charge in [0.1, 0.15) is 0 Å². The Kier molecular flexibility index (Phi) is 4.95. The number of hydrazine groups is 3. The molecule has 0 unspecified atom stereocenters. The minimum Gasteiger partial charge on any atom is -0.274 e. The van der Waals surface area contributed by atoms with Crippen LogP contribution < -0.4 is 16.0 Å². The van der Waals surface area contributed by atoms with Crippen LogP contribution in [0.25, 0.3) is 0 Å². The van der Waals surface area contributed by atoms with Crippen LogP contribution in [0, 0.1) is 30.3 Å². The van der Waals surface area contributed by atoms with Gasteiger partial charge < -0.3 is 0 Å². The summed E-state index contributed by atoms with van der Waals surface area (Å²) in [5.41, 5.74) is 0. The quantitative estimate of drug-likeness (QED) is 0.335. The third-order valence-electron chi connectivity index (χ3n) is 2.84. The molecule has 1 rings (SSSR count). The first-order valence-corrected chi connectivity index (χ1v) is 5.61. The van der Waals surface area contributed by atoms with Crippen molar-refractivity contribution in [3.63, 3.8) is 0 Å². The Morgan fingerprint density at radius 1 is 0.667 bits per heavy atom. The van der Waals surface area contributed by atoms with Gasteiger partial charge in [-0.3, -0.25) is 16.0 Å². The highest BCUT2D eigenvalue weighted by atomic mass is 16.7. The van der Waals surface area contributed by atoms with Crippen LogP contribution in [0.5, 0.6) is 0 Å². The van der Waals surface area contributed by atoms with Crippen LogP contribution in [0.4, 0.5) is 0 Å². The molecule has 0 saturated carbocycles. The van der Waals surface area contributed by atoms with Gasteiger partial charge in [-0.1, -0.05) is 0 Å². The smallest absolute Gasteiger partial charge is 0.274 e. The van der Waals surface area contributed by atoms with Gasteiger partial charge in [0, 0.05) is 0 Å². The lowest BCUT2D eigenvalue weighted by molar-refractivity contribution is -0.814. The van der Waals surface area contributed by atoms with Crippen LogP contribution >= 0.6 is 0 Å². The van der Waals surface area contributed by atoms with Gasteiger partial charge in [0.15, 0.2) is 15.1 Å². The van der Waals surface area contributed by atoms with Gasteiger partial charge in [0.2, 0.25) is 0 Å². The summed E-state index contributed by atoms with van der Waals surface area (Å²) in [5, 5.41) is 38.8. The van der Waals surface area contributed by atoms with E-state index in [-0.39, 0.29) is 0 Å².